The van der Waals surface area contributed by atoms with Crippen LogP contribution in [-0.2, 0) is 11.3 Å². The van der Waals surface area contributed by atoms with Gasteiger partial charge in [0.15, 0.2) is 0 Å². The SMILES string of the molecule is CCOc1ccccc1-c1noc(C2CC(=O)N(Cc3ccc(OC)cc3OC)C2)n1. The first-order chi connectivity index (χ1) is 15.1. The summed E-state index contributed by atoms with van der Waals surface area (Å²) in [5, 5.41) is 4.12. The molecule has 0 radical (unpaired) electrons. The van der Waals surface area contributed by atoms with Gasteiger partial charge < -0.3 is 23.6 Å². The van der Waals surface area contributed by atoms with Gasteiger partial charge in [-0.05, 0) is 31.2 Å². The standard InChI is InChI=1S/C23H25N3O5/c1-4-30-19-8-6-5-7-18(19)22-24-23(31-25-22)16-11-21(27)26(14-16)13-15-9-10-17(28-2)12-20(15)29-3/h5-10,12,16H,4,11,13-14H2,1-3H3. The molecule has 1 aliphatic heterocycles. The topological polar surface area (TPSA) is 86.9 Å². The van der Waals surface area contributed by atoms with Crippen molar-refractivity contribution in [3.8, 4) is 28.6 Å². The van der Waals surface area contributed by atoms with Crippen LogP contribution in [0.4, 0.5) is 0 Å². The lowest BCUT2D eigenvalue weighted by atomic mass is 10.1. The number of hydrogen-bond donors (Lipinski definition) is 0. The number of carbonyl (C=O) groups excluding carboxylic acids is 1. The third-order valence-electron chi connectivity index (χ3n) is 5.29. The molecule has 31 heavy (non-hydrogen) atoms. The Morgan fingerprint density at radius 3 is 2.74 bits per heavy atom. The van der Waals surface area contributed by atoms with Gasteiger partial charge in [-0.1, -0.05) is 17.3 Å². The Morgan fingerprint density at radius 2 is 1.97 bits per heavy atom. The highest BCUT2D eigenvalue weighted by atomic mass is 16.5. The van der Waals surface area contributed by atoms with Crippen molar-refractivity contribution < 1.29 is 23.5 Å². The molecule has 4 rings (SSSR count). The fourth-order valence-electron chi connectivity index (χ4n) is 3.72. The van der Waals surface area contributed by atoms with Gasteiger partial charge in [-0.25, -0.2) is 0 Å². The first-order valence-electron chi connectivity index (χ1n) is 10.2. The van der Waals surface area contributed by atoms with Gasteiger partial charge in [0.1, 0.15) is 17.2 Å². The van der Waals surface area contributed by atoms with Crippen LogP contribution in [0.5, 0.6) is 17.2 Å². The molecule has 1 saturated heterocycles. The summed E-state index contributed by atoms with van der Waals surface area (Å²) in [6, 6.07) is 13.1. The van der Waals surface area contributed by atoms with Crippen molar-refractivity contribution in [1.82, 2.24) is 15.0 Å². The molecule has 2 aromatic carbocycles. The molecule has 0 aliphatic carbocycles. The minimum absolute atomic E-state index is 0.0392. The summed E-state index contributed by atoms with van der Waals surface area (Å²) in [6.45, 7) is 3.41. The van der Waals surface area contributed by atoms with E-state index >= 15 is 0 Å². The zero-order valence-electron chi connectivity index (χ0n) is 17.8. The van der Waals surface area contributed by atoms with Crippen molar-refractivity contribution in [2.24, 2.45) is 0 Å². The van der Waals surface area contributed by atoms with Crippen LogP contribution in [0.15, 0.2) is 47.0 Å². The van der Waals surface area contributed by atoms with E-state index in [-0.39, 0.29) is 11.8 Å². The van der Waals surface area contributed by atoms with E-state index in [2.05, 4.69) is 10.1 Å². The third kappa shape index (κ3) is 4.33. The number of amides is 1. The number of likely N-dealkylation sites (tertiary alicyclic amines) is 1. The number of hydrogen-bond acceptors (Lipinski definition) is 7. The van der Waals surface area contributed by atoms with Gasteiger partial charge >= 0.3 is 0 Å². The van der Waals surface area contributed by atoms with Crippen molar-refractivity contribution in [2.45, 2.75) is 25.8 Å². The summed E-state index contributed by atoms with van der Waals surface area (Å²) in [7, 11) is 3.21. The number of rotatable bonds is 8. The van der Waals surface area contributed by atoms with Crippen molar-refractivity contribution in [3.05, 3.63) is 53.9 Å². The molecule has 0 saturated carbocycles. The summed E-state index contributed by atoms with van der Waals surface area (Å²) >= 11 is 0. The van der Waals surface area contributed by atoms with E-state index in [9.17, 15) is 4.79 Å². The van der Waals surface area contributed by atoms with Gasteiger partial charge in [-0.3, -0.25) is 4.79 Å². The van der Waals surface area contributed by atoms with Gasteiger partial charge in [-0.15, -0.1) is 0 Å². The Kier molecular flexibility index (Phi) is 6.06. The van der Waals surface area contributed by atoms with E-state index in [1.807, 2.05) is 49.4 Å². The molecule has 1 aliphatic rings. The number of aromatic nitrogens is 2. The minimum Gasteiger partial charge on any atom is -0.497 e. The van der Waals surface area contributed by atoms with Crippen LogP contribution in [0.3, 0.4) is 0 Å². The summed E-state index contributed by atoms with van der Waals surface area (Å²) in [5.74, 6) is 2.89. The highest BCUT2D eigenvalue weighted by Crippen LogP contribution is 2.33. The summed E-state index contributed by atoms with van der Waals surface area (Å²) in [6.07, 6.45) is 0.327. The van der Waals surface area contributed by atoms with Crippen molar-refractivity contribution in [2.75, 3.05) is 27.4 Å². The summed E-state index contributed by atoms with van der Waals surface area (Å²) in [5.41, 5.74) is 1.68. The van der Waals surface area contributed by atoms with Crippen LogP contribution in [0.25, 0.3) is 11.4 Å². The van der Waals surface area contributed by atoms with E-state index in [0.717, 1.165) is 11.1 Å². The third-order valence-corrected chi connectivity index (χ3v) is 5.29. The second-order valence-corrected chi connectivity index (χ2v) is 7.24. The van der Waals surface area contributed by atoms with Gasteiger partial charge in [0.25, 0.3) is 0 Å². The zero-order chi connectivity index (χ0) is 21.8. The average molecular weight is 423 g/mol. The Balaban J connectivity index is 1.50. The number of para-hydroxylation sites is 1. The number of nitrogens with zero attached hydrogens (tertiary/aromatic N) is 3. The zero-order valence-corrected chi connectivity index (χ0v) is 17.8. The van der Waals surface area contributed by atoms with Gasteiger partial charge in [0.05, 0.1) is 32.3 Å². The Hall–Kier alpha value is -3.55. The quantitative estimate of drug-likeness (QED) is 0.546. The molecule has 162 valence electrons. The highest BCUT2D eigenvalue weighted by Gasteiger charge is 2.35. The van der Waals surface area contributed by atoms with Crippen molar-refractivity contribution in [3.63, 3.8) is 0 Å². The minimum atomic E-state index is -0.155. The van der Waals surface area contributed by atoms with E-state index in [4.69, 9.17) is 18.7 Å². The maximum absolute atomic E-state index is 12.7. The fraction of sp³-hybridized carbons (Fsp3) is 0.348. The van der Waals surface area contributed by atoms with Gasteiger partial charge in [0, 0.05) is 31.1 Å². The molecule has 0 N–H and O–H groups in total. The van der Waals surface area contributed by atoms with Crippen LogP contribution in [0.2, 0.25) is 0 Å². The van der Waals surface area contributed by atoms with Crippen LogP contribution in [0, 0.1) is 0 Å². The first-order valence-corrected chi connectivity index (χ1v) is 10.2. The molecular formula is C23H25N3O5. The van der Waals surface area contributed by atoms with Crippen LogP contribution >= 0.6 is 0 Å². The maximum atomic E-state index is 12.7. The molecule has 2 heterocycles. The highest BCUT2D eigenvalue weighted by molar-refractivity contribution is 5.79. The maximum Gasteiger partial charge on any atom is 0.232 e. The molecule has 1 aromatic heterocycles. The Morgan fingerprint density at radius 1 is 1.13 bits per heavy atom. The molecule has 8 nitrogen and oxygen atoms in total. The van der Waals surface area contributed by atoms with Gasteiger partial charge in [-0.2, -0.15) is 4.98 Å². The Bertz CT molecular complexity index is 1060. The smallest absolute Gasteiger partial charge is 0.232 e. The number of carbonyl (C=O) groups is 1. The molecule has 1 amide bonds. The number of benzene rings is 2. The molecule has 8 heteroatoms. The predicted molar refractivity (Wildman–Crippen MR) is 113 cm³/mol. The van der Waals surface area contributed by atoms with Crippen LogP contribution in [-0.4, -0.2) is 48.3 Å². The Labute approximate surface area is 180 Å². The van der Waals surface area contributed by atoms with Crippen LogP contribution < -0.4 is 14.2 Å². The normalized spacial score (nSPS) is 15.9. The van der Waals surface area contributed by atoms with E-state index < -0.39 is 0 Å². The first kappa shape index (κ1) is 20.7. The molecular weight excluding hydrogens is 398 g/mol. The van der Waals surface area contributed by atoms with E-state index in [0.29, 0.717) is 55.1 Å². The second kappa shape index (κ2) is 9.07. The lowest BCUT2D eigenvalue weighted by molar-refractivity contribution is -0.128. The average Bonchev–Trinajstić information content (AvgIpc) is 3.42. The molecule has 1 atom stereocenters. The van der Waals surface area contributed by atoms with E-state index in [1.165, 1.54) is 0 Å². The molecule has 1 unspecified atom stereocenters. The monoisotopic (exact) mass is 423 g/mol. The number of ether oxygens (including phenoxy) is 3. The second-order valence-electron chi connectivity index (χ2n) is 7.24. The summed E-state index contributed by atoms with van der Waals surface area (Å²) in [4.78, 5) is 19.0. The molecule has 0 spiro atoms. The van der Waals surface area contributed by atoms with Crippen LogP contribution in [0.1, 0.15) is 30.7 Å². The fourth-order valence-corrected chi connectivity index (χ4v) is 3.72. The van der Waals surface area contributed by atoms with Crippen molar-refractivity contribution >= 4 is 5.91 Å². The lowest BCUT2D eigenvalue weighted by Crippen LogP contribution is -2.24. The predicted octanol–water partition coefficient (Wildman–Crippen LogP) is 3.67. The lowest BCUT2D eigenvalue weighted by Gasteiger charge is -2.18. The molecule has 1 fully saturated rings. The summed E-state index contributed by atoms with van der Waals surface area (Å²) < 4.78 is 21.9. The molecule has 3 aromatic rings. The number of methoxy groups -OCH3 is 2. The largest absolute Gasteiger partial charge is 0.497 e. The van der Waals surface area contributed by atoms with Crippen molar-refractivity contribution in [1.29, 1.82) is 0 Å². The van der Waals surface area contributed by atoms with Gasteiger partial charge in [0.2, 0.25) is 17.6 Å². The molecule has 0 bridgehead atoms. The van der Waals surface area contributed by atoms with E-state index in [1.54, 1.807) is 19.1 Å².